The van der Waals surface area contributed by atoms with E-state index in [-0.39, 0.29) is 5.41 Å². The largest absolute Gasteiger partial charge is 0.456 e. The Bertz CT molecular complexity index is 3020. The third-order valence-corrected chi connectivity index (χ3v) is 11.2. The van der Waals surface area contributed by atoms with Crippen molar-refractivity contribution in [3.63, 3.8) is 0 Å². The van der Waals surface area contributed by atoms with E-state index in [1.165, 1.54) is 44.2 Å². The van der Waals surface area contributed by atoms with Crippen molar-refractivity contribution < 1.29 is 4.42 Å². The van der Waals surface area contributed by atoms with Crippen molar-refractivity contribution in [3.8, 4) is 50.7 Å². The van der Waals surface area contributed by atoms with Crippen LogP contribution in [0.25, 0.3) is 94.5 Å². The topological polar surface area (TPSA) is 43.9 Å². The number of rotatable bonds is 4. The van der Waals surface area contributed by atoms with Gasteiger partial charge in [0.15, 0.2) is 0 Å². The van der Waals surface area contributed by atoms with Gasteiger partial charge in [0.1, 0.15) is 11.2 Å². The van der Waals surface area contributed by atoms with Crippen molar-refractivity contribution in [2.24, 2.45) is 0 Å². The molecule has 0 amide bonds. The van der Waals surface area contributed by atoms with E-state index >= 15 is 0 Å². The molecule has 7 aromatic carbocycles. The molecule has 0 radical (unpaired) electrons. The predicted molar refractivity (Wildman–Crippen MR) is 218 cm³/mol. The molecule has 250 valence electrons. The van der Waals surface area contributed by atoms with Crippen LogP contribution in [0.4, 0.5) is 0 Å². The molecular formula is C49H33N3O. The van der Waals surface area contributed by atoms with E-state index in [1.807, 2.05) is 24.3 Å². The van der Waals surface area contributed by atoms with E-state index in [2.05, 4.69) is 158 Å². The molecule has 3 heterocycles. The molecular weight excluding hydrogens is 647 g/mol. The molecule has 0 bridgehead atoms. The highest BCUT2D eigenvalue weighted by molar-refractivity contribution is 6.12. The Morgan fingerprint density at radius 2 is 1.04 bits per heavy atom. The molecule has 0 unspecified atom stereocenters. The van der Waals surface area contributed by atoms with Gasteiger partial charge in [0, 0.05) is 38.1 Å². The smallest absolute Gasteiger partial charge is 0.235 e. The number of fused-ring (bicyclic) bond motifs is 9. The molecule has 4 heteroatoms. The molecule has 0 atom stereocenters. The van der Waals surface area contributed by atoms with Crippen LogP contribution in [0.5, 0.6) is 0 Å². The zero-order chi connectivity index (χ0) is 35.3. The van der Waals surface area contributed by atoms with Gasteiger partial charge in [0.25, 0.3) is 0 Å². The molecule has 4 nitrogen and oxygen atoms in total. The highest BCUT2D eigenvalue weighted by Gasteiger charge is 2.37. The number of nitrogens with zero attached hydrogens (tertiary/aromatic N) is 3. The molecule has 10 aromatic rings. The summed E-state index contributed by atoms with van der Waals surface area (Å²) in [6.07, 6.45) is 0. The average Bonchev–Trinajstić information content (AvgIpc) is 3.82. The van der Waals surface area contributed by atoms with Crippen molar-refractivity contribution in [1.29, 1.82) is 0 Å². The second kappa shape index (κ2) is 11.1. The number of hydrogen-bond acceptors (Lipinski definition) is 3. The van der Waals surface area contributed by atoms with Crippen LogP contribution in [0.2, 0.25) is 0 Å². The van der Waals surface area contributed by atoms with Crippen LogP contribution >= 0.6 is 0 Å². The summed E-state index contributed by atoms with van der Waals surface area (Å²) in [6.45, 7) is 4.69. The second-order valence-corrected chi connectivity index (χ2v) is 14.6. The van der Waals surface area contributed by atoms with E-state index in [9.17, 15) is 0 Å². The summed E-state index contributed by atoms with van der Waals surface area (Å²) < 4.78 is 8.41. The lowest BCUT2D eigenvalue weighted by Gasteiger charge is -2.22. The van der Waals surface area contributed by atoms with E-state index in [0.29, 0.717) is 5.95 Å². The first-order valence-corrected chi connectivity index (χ1v) is 18.2. The number of furan rings is 1. The Kier molecular flexibility index (Phi) is 6.27. The summed E-state index contributed by atoms with van der Waals surface area (Å²) in [4.78, 5) is 10.5. The molecule has 1 aliphatic rings. The minimum absolute atomic E-state index is 0.203. The fourth-order valence-corrected chi connectivity index (χ4v) is 8.56. The molecule has 0 fully saturated rings. The second-order valence-electron chi connectivity index (χ2n) is 14.6. The van der Waals surface area contributed by atoms with Gasteiger partial charge in [0.05, 0.1) is 22.4 Å². The quantitative estimate of drug-likeness (QED) is 0.186. The molecule has 0 spiro atoms. The van der Waals surface area contributed by atoms with E-state index in [0.717, 1.165) is 55.5 Å². The molecule has 1 aliphatic carbocycles. The minimum Gasteiger partial charge on any atom is -0.456 e. The molecule has 0 saturated heterocycles. The Hall–Kier alpha value is -6.78. The fraction of sp³-hybridized carbons (Fsp3) is 0.0612. The van der Waals surface area contributed by atoms with Crippen LogP contribution in [0, 0.1) is 0 Å². The van der Waals surface area contributed by atoms with E-state index in [4.69, 9.17) is 14.4 Å². The van der Waals surface area contributed by atoms with Crippen LogP contribution in [-0.2, 0) is 5.41 Å². The van der Waals surface area contributed by atoms with Crippen LogP contribution in [0.15, 0.2) is 168 Å². The van der Waals surface area contributed by atoms with E-state index < -0.39 is 0 Å². The van der Waals surface area contributed by atoms with Gasteiger partial charge in [-0.25, -0.2) is 9.97 Å². The first-order valence-electron chi connectivity index (χ1n) is 18.2. The monoisotopic (exact) mass is 679 g/mol. The first-order chi connectivity index (χ1) is 26.0. The van der Waals surface area contributed by atoms with Gasteiger partial charge in [-0.1, -0.05) is 129 Å². The minimum atomic E-state index is -0.203. The lowest BCUT2D eigenvalue weighted by Crippen LogP contribution is -2.15. The highest BCUT2D eigenvalue weighted by atomic mass is 16.3. The number of hydrogen-bond donors (Lipinski definition) is 0. The summed E-state index contributed by atoms with van der Waals surface area (Å²) >= 11 is 0. The molecule has 0 N–H and O–H groups in total. The molecule has 0 saturated carbocycles. The summed E-state index contributed by atoms with van der Waals surface area (Å²) in [5.74, 6) is 0.661. The molecule has 53 heavy (non-hydrogen) atoms. The lowest BCUT2D eigenvalue weighted by molar-refractivity contribution is 0.661. The summed E-state index contributed by atoms with van der Waals surface area (Å²) in [7, 11) is 0. The van der Waals surface area contributed by atoms with Gasteiger partial charge in [-0.2, -0.15) is 0 Å². The standard InChI is InChI=1S/C49H33N3O/c1-49(2)40-23-21-32(33-22-24-47-39(26-33)35-18-10-12-20-46(35)53-47)25-36(40)37-27-38-34-17-9-11-19-44(34)52(45(38)28-41(37)49)48-50-42(30-13-5-3-6-14-30)29-43(51-48)31-15-7-4-8-16-31/h3-29H,1-2H3. The molecule has 11 rings (SSSR count). The predicted octanol–water partition coefficient (Wildman–Crippen LogP) is 12.8. The zero-order valence-electron chi connectivity index (χ0n) is 29.3. The lowest BCUT2D eigenvalue weighted by atomic mass is 9.82. The number of para-hydroxylation sites is 2. The van der Waals surface area contributed by atoms with Gasteiger partial charge in [-0.05, 0) is 81.9 Å². The number of aromatic nitrogens is 3. The van der Waals surface area contributed by atoms with Gasteiger partial charge in [0.2, 0.25) is 5.95 Å². The third kappa shape index (κ3) is 4.49. The van der Waals surface area contributed by atoms with Crippen LogP contribution in [-0.4, -0.2) is 14.5 Å². The van der Waals surface area contributed by atoms with Gasteiger partial charge in [-0.15, -0.1) is 0 Å². The van der Waals surface area contributed by atoms with Gasteiger partial charge in [-0.3, -0.25) is 4.57 Å². The highest BCUT2D eigenvalue weighted by Crippen LogP contribution is 2.52. The van der Waals surface area contributed by atoms with E-state index in [1.54, 1.807) is 0 Å². The van der Waals surface area contributed by atoms with Crippen molar-refractivity contribution in [3.05, 3.63) is 175 Å². The third-order valence-electron chi connectivity index (χ3n) is 11.2. The number of benzene rings is 7. The molecule has 3 aromatic heterocycles. The van der Waals surface area contributed by atoms with Crippen molar-refractivity contribution in [2.75, 3.05) is 0 Å². The summed E-state index contributed by atoms with van der Waals surface area (Å²) in [5.41, 5.74) is 15.3. The van der Waals surface area contributed by atoms with Crippen molar-refractivity contribution in [2.45, 2.75) is 19.3 Å². The van der Waals surface area contributed by atoms with Crippen LogP contribution in [0.1, 0.15) is 25.0 Å². The van der Waals surface area contributed by atoms with Gasteiger partial charge >= 0.3 is 0 Å². The van der Waals surface area contributed by atoms with Crippen LogP contribution < -0.4 is 0 Å². The summed E-state index contributed by atoms with van der Waals surface area (Å²) in [6, 6.07) is 58.2. The zero-order valence-corrected chi connectivity index (χ0v) is 29.3. The Morgan fingerprint density at radius 3 is 1.79 bits per heavy atom. The fourth-order valence-electron chi connectivity index (χ4n) is 8.56. The van der Waals surface area contributed by atoms with Crippen molar-refractivity contribution >= 4 is 43.7 Å². The maximum atomic E-state index is 6.15. The maximum Gasteiger partial charge on any atom is 0.235 e. The normalized spacial score (nSPS) is 13.2. The Morgan fingerprint density at radius 1 is 0.434 bits per heavy atom. The summed E-state index contributed by atoms with van der Waals surface area (Å²) in [5, 5.41) is 4.66. The van der Waals surface area contributed by atoms with Gasteiger partial charge < -0.3 is 4.42 Å². The average molecular weight is 680 g/mol. The van der Waals surface area contributed by atoms with Crippen LogP contribution in [0.3, 0.4) is 0 Å². The first kappa shape index (κ1) is 29.9. The Balaban J connectivity index is 1.13. The SMILES string of the molecule is CC1(C)c2ccc(-c3ccc4oc5ccccc5c4c3)cc2-c2cc3c4ccccc4n(-c4nc(-c5ccccc5)cc(-c5ccccc5)n4)c3cc21. The van der Waals surface area contributed by atoms with Crippen molar-refractivity contribution in [1.82, 2.24) is 14.5 Å². The maximum absolute atomic E-state index is 6.15. The molecule has 0 aliphatic heterocycles. The Labute approximate surface area is 306 Å².